The highest BCUT2D eigenvalue weighted by molar-refractivity contribution is 9.11. The van der Waals surface area contributed by atoms with Gasteiger partial charge in [-0.2, -0.15) is 0 Å². The Hall–Kier alpha value is -1.88. The smallest absolute Gasteiger partial charge is 0.117 e. The van der Waals surface area contributed by atoms with Crippen LogP contribution in [0.3, 0.4) is 0 Å². The minimum Gasteiger partial charge on any atom is -0.127 e. The predicted molar refractivity (Wildman–Crippen MR) is 181 cm³/mol. The van der Waals surface area contributed by atoms with Crippen molar-refractivity contribution in [3.8, 4) is 9.75 Å². The molecule has 0 amide bonds. The summed E-state index contributed by atoms with van der Waals surface area (Å²) < 4.78 is 2.49. The molecule has 39 heavy (non-hydrogen) atoms. The number of fused-ring (bicyclic) bond motifs is 3. The highest BCUT2D eigenvalue weighted by atomic mass is 79.9. The summed E-state index contributed by atoms with van der Waals surface area (Å²) >= 11 is 11.6. The molecule has 2 aromatic rings. The van der Waals surface area contributed by atoms with E-state index in [1.54, 1.807) is 10.8 Å². The summed E-state index contributed by atoms with van der Waals surface area (Å²) in [6.45, 7) is 10.7. The first kappa shape index (κ1) is 31.6. The molecule has 5 heteroatoms. The van der Waals surface area contributed by atoms with Crippen LogP contribution in [0.1, 0.15) is 82.3 Å². The maximum absolute atomic E-state index is 3.94. The van der Waals surface area contributed by atoms with Gasteiger partial charge in [-0.05, 0) is 119 Å². The molecule has 1 aliphatic rings. The highest BCUT2D eigenvalue weighted by Gasteiger charge is 2.45. The van der Waals surface area contributed by atoms with Crippen molar-refractivity contribution < 1.29 is 0 Å². The Kier molecular flexibility index (Phi) is 13.3. The van der Waals surface area contributed by atoms with E-state index in [1.165, 1.54) is 94.9 Å². The van der Waals surface area contributed by atoms with Gasteiger partial charge < -0.3 is 0 Å². The molecule has 0 unspecified atom stereocenters. The van der Waals surface area contributed by atoms with Crippen LogP contribution in [0.5, 0.6) is 0 Å². The maximum atomic E-state index is 3.94. The van der Waals surface area contributed by atoms with Crippen molar-refractivity contribution in [2.24, 2.45) is 0 Å². The second-order valence-electron chi connectivity index (χ2n) is 10.1. The van der Waals surface area contributed by atoms with E-state index in [0.29, 0.717) is 0 Å². The topological polar surface area (TPSA) is 0 Å². The van der Waals surface area contributed by atoms with Gasteiger partial charge in [0.25, 0.3) is 0 Å². The van der Waals surface area contributed by atoms with Crippen molar-refractivity contribution in [3.05, 3.63) is 82.6 Å². The van der Waals surface area contributed by atoms with E-state index in [4.69, 9.17) is 0 Å². The van der Waals surface area contributed by atoms with Crippen LogP contribution in [-0.4, -0.2) is 8.07 Å². The van der Waals surface area contributed by atoms with Crippen LogP contribution in [0.2, 0.25) is 13.1 Å². The average molecular weight is 695 g/mol. The molecule has 0 spiro atoms. The zero-order valence-electron chi connectivity index (χ0n) is 23.1. The second kappa shape index (κ2) is 16.4. The Morgan fingerprint density at radius 2 is 1.21 bits per heavy atom. The van der Waals surface area contributed by atoms with E-state index in [1.807, 2.05) is 28.7 Å². The fourth-order valence-electron chi connectivity index (χ4n) is 5.10. The van der Waals surface area contributed by atoms with Crippen molar-refractivity contribution in [3.63, 3.8) is 0 Å². The van der Waals surface area contributed by atoms with Crippen LogP contribution in [0.4, 0.5) is 0 Å². The fraction of sp³-hybridized carbons (Fsp3) is 0.412. The van der Waals surface area contributed by atoms with Crippen molar-refractivity contribution in [1.29, 1.82) is 0 Å². The average Bonchev–Trinajstić information content (AvgIpc) is 3.49. The minimum atomic E-state index is -1.85. The minimum absolute atomic E-state index is 1.16. The quantitative estimate of drug-likeness (QED) is 0.118. The van der Waals surface area contributed by atoms with E-state index in [-0.39, 0.29) is 0 Å². The van der Waals surface area contributed by atoms with Crippen molar-refractivity contribution in [1.82, 2.24) is 0 Å². The van der Waals surface area contributed by atoms with Crippen LogP contribution in [0.25, 0.3) is 15.8 Å². The molecule has 0 N–H and O–H groups in total. The van der Waals surface area contributed by atoms with Crippen LogP contribution < -0.4 is 10.4 Å². The molecule has 0 bridgehead atoms. The Morgan fingerprint density at radius 1 is 0.692 bits per heavy atom. The second-order valence-corrected chi connectivity index (χ2v) is 19.0. The summed E-state index contributed by atoms with van der Waals surface area (Å²) in [7, 11) is -1.85. The number of halogens is 2. The van der Waals surface area contributed by atoms with Gasteiger partial charge in [0.05, 0.1) is 7.57 Å². The predicted octanol–water partition coefficient (Wildman–Crippen LogP) is 10.8. The lowest BCUT2D eigenvalue weighted by Crippen LogP contribution is -2.51. The van der Waals surface area contributed by atoms with Gasteiger partial charge in [0, 0.05) is 15.3 Å². The first-order chi connectivity index (χ1) is 18.9. The van der Waals surface area contributed by atoms with Gasteiger partial charge in [-0.1, -0.05) is 89.3 Å². The number of rotatable bonds is 12. The van der Waals surface area contributed by atoms with Crippen LogP contribution in [-0.2, 0) is 6.42 Å². The SMILES string of the molecule is C=C=C=C=C=C=C=C=C=C=C=Cc1c(Br)sc2c1[Si](C)(C)c1c-2sc(Br)c1CCCCCCCCCCCC. The molecule has 3 heterocycles. The summed E-state index contributed by atoms with van der Waals surface area (Å²) in [6.07, 6.45) is 16.9. The van der Waals surface area contributed by atoms with E-state index < -0.39 is 8.07 Å². The van der Waals surface area contributed by atoms with Crippen LogP contribution in [0.15, 0.2) is 71.5 Å². The third-order valence-corrected chi connectivity index (χ3v) is 14.9. The lowest BCUT2D eigenvalue weighted by atomic mass is 10.0. The first-order valence-corrected chi connectivity index (χ1v) is 19.9. The molecule has 0 saturated heterocycles. The third-order valence-electron chi connectivity index (χ3n) is 6.91. The lowest BCUT2D eigenvalue weighted by Gasteiger charge is -2.21. The van der Waals surface area contributed by atoms with Crippen LogP contribution in [0, 0.1) is 0 Å². The standard InChI is InChI=1S/C34H34Br2S2Si/c1-5-7-9-11-13-15-17-19-21-23-25-27-31-29(37-33(27)35)30-32(39(31,3)4)28(34(36)38-30)26-24-22-20-18-16-14-12-10-8-6-2/h25H,1,6,8,10,12,14,16,18,20,22,24,26H2,2-4H3. The summed E-state index contributed by atoms with van der Waals surface area (Å²) in [5, 5.41) is 3.16. The molecule has 0 fully saturated rings. The molecule has 0 radical (unpaired) electrons. The van der Waals surface area contributed by atoms with Crippen molar-refractivity contribution in [2.75, 3.05) is 0 Å². The maximum Gasteiger partial charge on any atom is 0.117 e. The summed E-state index contributed by atoms with van der Waals surface area (Å²) in [5.74, 6) is 0. The van der Waals surface area contributed by atoms with Gasteiger partial charge in [0.15, 0.2) is 0 Å². The third kappa shape index (κ3) is 8.55. The number of hydrogen-bond acceptors (Lipinski definition) is 2. The summed E-state index contributed by atoms with van der Waals surface area (Å²) in [4.78, 5) is 2.91. The van der Waals surface area contributed by atoms with E-state index in [0.717, 1.165) is 3.79 Å². The first-order valence-electron chi connectivity index (χ1n) is 13.7. The Morgan fingerprint density at radius 3 is 1.82 bits per heavy atom. The number of unbranched alkanes of at least 4 members (excludes halogenated alkanes) is 9. The van der Waals surface area contributed by atoms with Crippen LogP contribution >= 0.6 is 54.5 Å². The number of thiophene rings is 2. The van der Waals surface area contributed by atoms with Gasteiger partial charge >= 0.3 is 0 Å². The normalized spacial score (nSPS) is 11.6. The molecule has 2 aromatic heterocycles. The molecule has 0 aromatic carbocycles. The van der Waals surface area contributed by atoms with Crippen molar-refractivity contribution >= 4 is 79.1 Å². The monoisotopic (exact) mass is 692 g/mol. The molecular formula is C34H34Br2S2Si. The number of hydrogen-bond donors (Lipinski definition) is 0. The molecule has 0 aliphatic carbocycles. The summed E-state index contributed by atoms with van der Waals surface area (Å²) in [5.41, 5.74) is 29.8. The molecular weight excluding hydrogens is 660 g/mol. The largest absolute Gasteiger partial charge is 0.127 e. The zero-order chi connectivity index (χ0) is 28.1. The van der Waals surface area contributed by atoms with E-state index in [9.17, 15) is 0 Å². The van der Waals surface area contributed by atoms with E-state index >= 15 is 0 Å². The Balaban J connectivity index is 1.74. The Bertz CT molecular complexity index is 1570. The molecule has 200 valence electrons. The van der Waals surface area contributed by atoms with E-state index in [2.05, 4.69) is 116 Å². The molecule has 0 nitrogen and oxygen atoms in total. The highest BCUT2D eigenvalue weighted by Crippen LogP contribution is 2.46. The van der Waals surface area contributed by atoms with Gasteiger partial charge in [0.1, 0.15) is 8.07 Å². The molecule has 1 aliphatic heterocycles. The van der Waals surface area contributed by atoms with Gasteiger partial charge in [-0.25, -0.2) is 0 Å². The molecule has 3 rings (SSSR count). The zero-order valence-corrected chi connectivity index (χ0v) is 28.9. The lowest BCUT2D eigenvalue weighted by molar-refractivity contribution is 0.556. The van der Waals surface area contributed by atoms with Crippen molar-refractivity contribution in [2.45, 2.75) is 90.6 Å². The van der Waals surface area contributed by atoms with Gasteiger partial charge in [-0.3, -0.25) is 0 Å². The van der Waals surface area contributed by atoms with Gasteiger partial charge in [-0.15, -0.1) is 22.7 Å². The Labute approximate surface area is 260 Å². The molecule has 0 atom stereocenters. The fourth-order valence-corrected chi connectivity index (χ4v) is 14.9. The molecule has 0 saturated carbocycles. The van der Waals surface area contributed by atoms with Gasteiger partial charge in [0.2, 0.25) is 0 Å². The summed E-state index contributed by atoms with van der Waals surface area (Å²) in [6, 6.07) is 0.